The molecule has 1 aliphatic carbocycles. The van der Waals surface area contributed by atoms with Gasteiger partial charge in [-0.3, -0.25) is 9.29 Å². The van der Waals surface area contributed by atoms with Crippen molar-refractivity contribution in [3.05, 3.63) is 99.3 Å². The monoisotopic (exact) mass is 591 g/mol. The van der Waals surface area contributed by atoms with Crippen molar-refractivity contribution in [2.75, 3.05) is 26.3 Å². The standard InChI is InChI=1S/C32H31ClF5NO2/c33-30-27(6-2-7-28(30)35)26-5-1-4-21-18-22(31(40)32(36,37)38)10-13-25(21)29(26)20-8-11-23(12-9-20)41-24-14-17-39(19-24)16-3-15-34/h2,6-13,18,24,31,40H,1,3-5,14-17,19H2/t24-,31-/m0/s1. The fourth-order valence-electron chi connectivity index (χ4n) is 5.77. The molecule has 0 spiro atoms. The summed E-state index contributed by atoms with van der Waals surface area (Å²) in [5.41, 5.74) is 4.04. The second-order valence-electron chi connectivity index (χ2n) is 10.6. The molecule has 0 bridgehead atoms. The second-order valence-corrected chi connectivity index (χ2v) is 10.9. The molecule has 1 aliphatic heterocycles. The molecule has 1 N–H and O–H groups in total. The second kappa shape index (κ2) is 12.5. The molecule has 5 rings (SSSR count). The number of aryl methyl sites for hydroxylation is 1. The Bertz CT molecular complexity index is 1410. The van der Waals surface area contributed by atoms with E-state index < -0.39 is 18.1 Å². The summed E-state index contributed by atoms with van der Waals surface area (Å²) in [4.78, 5) is 2.19. The van der Waals surface area contributed by atoms with Gasteiger partial charge >= 0.3 is 6.18 Å². The van der Waals surface area contributed by atoms with Crippen LogP contribution in [-0.2, 0) is 6.42 Å². The molecule has 3 aromatic rings. The summed E-state index contributed by atoms with van der Waals surface area (Å²) in [5.74, 6) is 0.125. The molecule has 3 nitrogen and oxygen atoms in total. The molecule has 3 aromatic carbocycles. The first kappa shape index (κ1) is 29.5. The molecule has 0 amide bonds. The lowest BCUT2D eigenvalue weighted by Crippen LogP contribution is -2.26. The van der Waals surface area contributed by atoms with E-state index in [1.54, 1.807) is 18.2 Å². The first-order valence-electron chi connectivity index (χ1n) is 13.8. The molecule has 0 aromatic heterocycles. The minimum absolute atomic E-state index is 0.00146. The van der Waals surface area contributed by atoms with E-state index >= 15 is 0 Å². The number of allylic oxidation sites excluding steroid dienone is 1. The zero-order valence-corrected chi connectivity index (χ0v) is 23.1. The number of rotatable bonds is 8. The van der Waals surface area contributed by atoms with Crippen LogP contribution in [0.5, 0.6) is 5.75 Å². The molecule has 9 heteroatoms. The lowest BCUT2D eigenvalue weighted by Gasteiger charge is -2.20. The molecule has 1 saturated heterocycles. The highest BCUT2D eigenvalue weighted by Gasteiger charge is 2.39. The third kappa shape index (κ3) is 6.60. The van der Waals surface area contributed by atoms with Crippen LogP contribution in [0, 0.1) is 5.82 Å². The normalized spacial score (nSPS) is 18.8. The van der Waals surface area contributed by atoms with Gasteiger partial charge in [0.25, 0.3) is 0 Å². The van der Waals surface area contributed by atoms with Crippen LogP contribution >= 0.6 is 11.6 Å². The molecule has 218 valence electrons. The van der Waals surface area contributed by atoms with E-state index in [0.29, 0.717) is 54.7 Å². The van der Waals surface area contributed by atoms with Gasteiger partial charge in [-0.2, -0.15) is 13.2 Å². The molecule has 0 radical (unpaired) electrons. The predicted molar refractivity (Wildman–Crippen MR) is 150 cm³/mol. The maximum Gasteiger partial charge on any atom is 0.418 e. The predicted octanol–water partition coefficient (Wildman–Crippen LogP) is 8.18. The number of hydrogen-bond acceptors (Lipinski definition) is 3. The van der Waals surface area contributed by atoms with Gasteiger partial charge in [0.15, 0.2) is 6.10 Å². The van der Waals surface area contributed by atoms with Gasteiger partial charge in [0.05, 0.1) is 11.7 Å². The molecule has 2 aliphatic rings. The maximum atomic E-state index is 14.5. The highest BCUT2D eigenvalue weighted by molar-refractivity contribution is 6.33. The van der Waals surface area contributed by atoms with Crippen LogP contribution in [0.1, 0.15) is 59.6 Å². The molecule has 2 atom stereocenters. The fraction of sp³-hybridized carbons (Fsp3) is 0.375. The highest BCUT2D eigenvalue weighted by atomic mass is 35.5. The van der Waals surface area contributed by atoms with E-state index in [1.807, 2.05) is 24.3 Å². The van der Waals surface area contributed by atoms with E-state index in [1.165, 1.54) is 18.2 Å². The first-order chi connectivity index (χ1) is 19.7. The average Bonchev–Trinajstić information content (AvgIpc) is 3.31. The maximum absolute atomic E-state index is 14.5. The average molecular weight is 592 g/mol. The van der Waals surface area contributed by atoms with Crippen molar-refractivity contribution in [3.8, 4) is 5.75 Å². The van der Waals surface area contributed by atoms with Crippen molar-refractivity contribution in [3.63, 3.8) is 0 Å². The Morgan fingerprint density at radius 3 is 2.54 bits per heavy atom. The van der Waals surface area contributed by atoms with E-state index in [-0.39, 0.29) is 23.4 Å². The number of hydrogen-bond donors (Lipinski definition) is 1. The molecule has 0 saturated carbocycles. The van der Waals surface area contributed by atoms with Gasteiger partial charge in [0.2, 0.25) is 0 Å². The number of alkyl halides is 4. The molecule has 1 fully saturated rings. The van der Waals surface area contributed by atoms with Gasteiger partial charge in [-0.25, -0.2) is 4.39 Å². The number of benzene rings is 3. The topological polar surface area (TPSA) is 32.7 Å². The Morgan fingerprint density at radius 2 is 1.80 bits per heavy atom. The molecule has 1 heterocycles. The van der Waals surface area contributed by atoms with Crippen molar-refractivity contribution in [2.45, 2.75) is 50.5 Å². The van der Waals surface area contributed by atoms with Crippen LogP contribution in [0.4, 0.5) is 22.0 Å². The van der Waals surface area contributed by atoms with Gasteiger partial charge in [0.1, 0.15) is 17.7 Å². The van der Waals surface area contributed by atoms with E-state index in [9.17, 15) is 27.1 Å². The Balaban J connectivity index is 1.53. The summed E-state index contributed by atoms with van der Waals surface area (Å²) in [6.07, 6.45) is -4.40. The Labute approximate surface area is 241 Å². The van der Waals surface area contributed by atoms with Gasteiger partial charge in [-0.05, 0) is 89.3 Å². The molecular weight excluding hydrogens is 561 g/mol. The van der Waals surface area contributed by atoms with Gasteiger partial charge in [0, 0.05) is 19.6 Å². The van der Waals surface area contributed by atoms with Crippen LogP contribution in [0.3, 0.4) is 0 Å². The number of fused-ring (bicyclic) bond motifs is 1. The number of nitrogens with zero attached hydrogens (tertiary/aromatic N) is 1. The number of likely N-dealkylation sites (tertiary alicyclic amines) is 1. The largest absolute Gasteiger partial charge is 0.489 e. The molecular formula is C32H31ClF5NO2. The van der Waals surface area contributed by atoms with Gasteiger partial charge in [-0.15, -0.1) is 0 Å². The first-order valence-corrected chi connectivity index (χ1v) is 14.1. The van der Waals surface area contributed by atoms with Crippen LogP contribution in [-0.4, -0.2) is 48.6 Å². The van der Waals surface area contributed by atoms with E-state index in [4.69, 9.17) is 16.3 Å². The fourth-order valence-corrected chi connectivity index (χ4v) is 6.01. The zero-order valence-electron chi connectivity index (χ0n) is 22.4. The smallest absolute Gasteiger partial charge is 0.418 e. The van der Waals surface area contributed by atoms with Crippen molar-refractivity contribution >= 4 is 22.7 Å². The number of ether oxygens (including phenoxy) is 1. The summed E-state index contributed by atoms with van der Waals surface area (Å²) >= 11 is 6.43. The summed E-state index contributed by atoms with van der Waals surface area (Å²) in [7, 11) is 0. The van der Waals surface area contributed by atoms with Crippen molar-refractivity contribution in [1.29, 1.82) is 0 Å². The van der Waals surface area contributed by atoms with E-state index in [2.05, 4.69) is 4.90 Å². The summed E-state index contributed by atoms with van der Waals surface area (Å²) in [5, 5.41) is 9.88. The van der Waals surface area contributed by atoms with Gasteiger partial charge < -0.3 is 9.84 Å². The van der Waals surface area contributed by atoms with E-state index in [0.717, 1.165) is 36.2 Å². The quantitative estimate of drug-likeness (QED) is 0.268. The zero-order chi connectivity index (χ0) is 29.1. The molecule has 41 heavy (non-hydrogen) atoms. The summed E-state index contributed by atoms with van der Waals surface area (Å²) < 4.78 is 73.1. The third-order valence-electron chi connectivity index (χ3n) is 7.76. The van der Waals surface area contributed by atoms with Crippen LogP contribution < -0.4 is 4.74 Å². The summed E-state index contributed by atoms with van der Waals surface area (Å²) in [6, 6.07) is 16.4. The number of aliphatic hydroxyl groups excluding tert-OH is 1. The third-order valence-corrected chi connectivity index (χ3v) is 8.14. The lowest BCUT2D eigenvalue weighted by atomic mass is 9.87. The minimum Gasteiger partial charge on any atom is -0.489 e. The van der Waals surface area contributed by atoms with Gasteiger partial charge in [-0.1, -0.05) is 54.1 Å². The Hall–Kier alpha value is -2.94. The van der Waals surface area contributed by atoms with Crippen LogP contribution in [0.2, 0.25) is 5.02 Å². The molecule has 0 unspecified atom stereocenters. The highest BCUT2D eigenvalue weighted by Crippen LogP contribution is 2.44. The summed E-state index contributed by atoms with van der Waals surface area (Å²) in [6.45, 7) is 1.95. The Morgan fingerprint density at radius 1 is 1.02 bits per heavy atom. The lowest BCUT2D eigenvalue weighted by molar-refractivity contribution is -0.206. The van der Waals surface area contributed by atoms with Crippen LogP contribution in [0.25, 0.3) is 11.1 Å². The number of aliphatic hydroxyl groups is 1. The number of halogens is 6. The van der Waals surface area contributed by atoms with Crippen LogP contribution in [0.15, 0.2) is 60.7 Å². The van der Waals surface area contributed by atoms with Crippen molar-refractivity contribution < 1.29 is 31.8 Å². The minimum atomic E-state index is -4.78. The SMILES string of the molecule is O[C@@H](c1ccc2c(c1)CCCC(c1cccc(F)c1Cl)=C2c1ccc(O[C@H]2CCN(CCCF)C2)cc1)C(F)(F)F. The van der Waals surface area contributed by atoms with Crippen molar-refractivity contribution in [2.24, 2.45) is 0 Å². The Kier molecular flexibility index (Phi) is 9.02. The van der Waals surface area contributed by atoms with Crippen molar-refractivity contribution in [1.82, 2.24) is 4.90 Å².